The Kier molecular flexibility index (Phi) is 6.47. The minimum Gasteiger partial charge on any atom is -0.497 e. The van der Waals surface area contributed by atoms with E-state index in [1.807, 2.05) is 29.9 Å². The van der Waals surface area contributed by atoms with E-state index in [9.17, 15) is 0 Å². The van der Waals surface area contributed by atoms with E-state index < -0.39 is 0 Å². The van der Waals surface area contributed by atoms with Crippen LogP contribution in [-0.4, -0.2) is 35.9 Å². The average molecular weight is 315 g/mol. The molecule has 0 aliphatic rings. The Morgan fingerprint density at radius 1 is 1.30 bits per heavy atom. The van der Waals surface area contributed by atoms with Gasteiger partial charge in [-0.15, -0.1) is 0 Å². The molecule has 0 bridgehead atoms. The molecule has 6 nitrogen and oxygen atoms in total. The molecule has 0 spiro atoms. The predicted molar refractivity (Wildman–Crippen MR) is 92.7 cm³/mol. The standard InChI is InChI=1S/C17H25N5O/c1-4-18-17(20-13-15-9-11-21-22(15)2)19-10-8-14-6-5-7-16(12-14)23-3/h5-7,9,11-12H,4,8,10,13H2,1-3H3,(H2,18,19,20). The molecule has 1 heterocycles. The summed E-state index contributed by atoms with van der Waals surface area (Å²) in [7, 11) is 3.61. The van der Waals surface area contributed by atoms with Crippen LogP contribution in [0.2, 0.25) is 0 Å². The van der Waals surface area contributed by atoms with Gasteiger partial charge in [0.15, 0.2) is 5.96 Å². The molecule has 2 aromatic rings. The first kappa shape index (κ1) is 16.9. The van der Waals surface area contributed by atoms with Gasteiger partial charge in [0.2, 0.25) is 0 Å². The monoisotopic (exact) mass is 315 g/mol. The molecule has 0 fully saturated rings. The predicted octanol–water partition coefficient (Wildman–Crippen LogP) is 1.73. The normalized spacial score (nSPS) is 11.3. The van der Waals surface area contributed by atoms with E-state index >= 15 is 0 Å². The quantitative estimate of drug-likeness (QED) is 0.603. The zero-order chi connectivity index (χ0) is 16.5. The molecule has 124 valence electrons. The maximum atomic E-state index is 5.25. The van der Waals surface area contributed by atoms with Crippen LogP contribution in [0.3, 0.4) is 0 Å². The van der Waals surface area contributed by atoms with Gasteiger partial charge >= 0.3 is 0 Å². The second-order valence-electron chi connectivity index (χ2n) is 5.17. The summed E-state index contributed by atoms with van der Waals surface area (Å²) >= 11 is 0. The summed E-state index contributed by atoms with van der Waals surface area (Å²) in [6.45, 7) is 4.30. The molecule has 0 atom stereocenters. The number of guanidine groups is 1. The highest BCUT2D eigenvalue weighted by Gasteiger charge is 2.01. The maximum absolute atomic E-state index is 5.25. The van der Waals surface area contributed by atoms with Gasteiger partial charge in [-0.3, -0.25) is 4.68 Å². The van der Waals surface area contributed by atoms with Crippen molar-refractivity contribution in [2.24, 2.45) is 12.0 Å². The van der Waals surface area contributed by atoms with Gasteiger partial charge in [-0.1, -0.05) is 12.1 Å². The number of benzene rings is 1. The first-order valence-corrected chi connectivity index (χ1v) is 7.85. The lowest BCUT2D eigenvalue weighted by molar-refractivity contribution is 0.414. The maximum Gasteiger partial charge on any atom is 0.191 e. The first-order chi connectivity index (χ1) is 11.2. The third kappa shape index (κ3) is 5.32. The van der Waals surface area contributed by atoms with E-state index in [0.717, 1.165) is 36.9 Å². The van der Waals surface area contributed by atoms with Crippen LogP contribution in [0, 0.1) is 0 Å². The van der Waals surface area contributed by atoms with E-state index in [4.69, 9.17) is 4.74 Å². The van der Waals surface area contributed by atoms with Crippen LogP contribution in [0.1, 0.15) is 18.2 Å². The van der Waals surface area contributed by atoms with Crippen LogP contribution < -0.4 is 15.4 Å². The fourth-order valence-electron chi connectivity index (χ4n) is 2.21. The number of nitrogens with zero attached hydrogens (tertiary/aromatic N) is 3. The number of ether oxygens (including phenoxy) is 1. The summed E-state index contributed by atoms with van der Waals surface area (Å²) in [5, 5.41) is 10.8. The van der Waals surface area contributed by atoms with Gasteiger partial charge in [0, 0.05) is 26.3 Å². The van der Waals surface area contributed by atoms with Gasteiger partial charge in [0.1, 0.15) is 5.75 Å². The lowest BCUT2D eigenvalue weighted by Gasteiger charge is -2.11. The van der Waals surface area contributed by atoms with Crippen molar-refractivity contribution >= 4 is 5.96 Å². The van der Waals surface area contributed by atoms with Gasteiger partial charge in [-0.25, -0.2) is 4.99 Å². The smallest absolute Gasteiger partial charge is 0.191 e. The van der Waals surface area contributed by atoms with Crippen molar-refractivity contribution in [3.63, 3.8) is 0 Å². The van der Waals surface area contributed by atoms with Gasteiger partial charge in [0.25, 0.3) is 0 Å². The molecule has 0 unspecified atom stereocenters. The number of rotatable bonds is 7. The molecule has 1 aromatic carbocycles. The molecule has 0 aliphatic carbocycles. The van der Waals surface area contributed by atoms with Crippen LogP contribution >= 0.6 is 0 Å². The van der Waals surface area contributed by atoms with E-state index in [0.29, 0.717) is 6.54 Å². The molecule has 0 amide bonds. The molecule has 2 rings (SSSR count). The molecule has 0 radical (unpaired) electrons. The highest BCUT2D eigenvalue weighted by molar-refractivity contribution is 5.79. The molecule has 1 aromatic heterocycles. The van der Waals surface area contributed by atoms with E-state index in [-0.39, 0.29) is 0 Å². The topological polar surface area (TPSA) is 63.5 Å². The van der Waals surface area contributed by atoms with Crippen molar-refractivity contribution in [1.82, 2.24) is 20.4 Å². The van der Waals surface area contributed by atoms with Crippen LogP contribution in [-0.2, 0) is 20.0 Å². The van der Waals surface area contributed by atoms with Crippen LogP contribution in [0.4, 0.5) is 0 Å². The number of aryl methyl sites for hydroxylation is 1. The van der Waals surface area contributed by atoms with Gasteiger partial charge < -0.3 is 15.4 Å². The summed E-state index contributed by atoms with van der Waals surface area (Å²) in [6, 6.07) is 10.1. The highest BCUT2D eigenvalue weighted by atomic mass is 16.5. The van der Waals surface area contributed by atoms with Crippen molar-refractivity contribution < 1.29 is 4.74 Å². The lowest BCUT2D eigenvalue weighted by Crippen LogP contribution is -2.38. The van der Waals surface area contributed by atoms with Crippen LogP contribution in [0.25, 0.3) is 0 Å². The number of methoxy groups -OCH3 is 1. The molecular weight excluding hydrogens is 290 g/mol. The minimum absolute atomic E-state index is 0.602. The van der Waals surface area contributed by atoms with Crippen molar-refractivity contribution in [2.75, 3.05) is 20.2 Å². The van der Waals surface area contributed by atoms with Crippen molar-refractivity contribution in [2.45, 2.75) is 19.9 Å². The number of hydrogen-bond donors (Lipinski definition) is 2. The number of aromatic nitrogens is 2. The van der Waals surface area contributed by atoms with Crippen LogP contribution in [0.15, 0.2) is 41.5 Å². The molecular formula is C17H25N5O. The fourth-order valence-corrected chi connectivity index (χ4v) is 2.21. The third-order valence-corrected chi connectivity index (χ3v) is 3.51. The summed E-state index contributed by atoms with van der Waals surface area (Å²) in [5.41, 5.74) is 2.31. The zero-order valence-corrected chi connectivity index (χ0v) is 14.0. The van der Waals surface area contributed by atoms with Crippen molar-refractivity contribution in [3.05, 3.63) is 47.8 Å². The zero-order valence-electron chi connectivity index (χ0n) is 14.0. The molecule has 0 aliphatic heterocycles. The van der Waals surface area contributed by atoms with Gasteiger partial charge in [0.05, 0.1) is 19.3 Å². The molecule has 23 heavy (non-hydrogen) atoms. The summed E-state index contributed by atoms with van der Waals surface area (Å²) < 4.78 is 7.08. The Bertz CT molecular complexity index is 635. The Morgan fingerprint density at radius 2 is 2.17 bits per heavy atom. The Hall–Kier alpha value is -2.50. The van der Waals surface area contributed by atoms with Crippen molar-refractivity contribution in [1.29, 1.82) is 0 Å². The van der Waals surface area contributed by atoms with E-state index in [2.05, 4.69) is 39.8 Å². The summed E-state index contributed by atoms with van der Waals surface area (Å²) in [4.78, 5) is 4.59. The summed E-state index contributed by atoms with van der Waals surface area (Å²) in [6.07, 6.45) is 2.70. The average Bonchev–Trinajstić information content (AvgIpc) is 2.98. The minimum atomic E-state index is 0.602. The Morgan fingerprint density at radius 3 is 2.87 bits per heavy atom. The second-order valence-corrected chi connectivity index (χ2v) is 5.17. The fraction of sp³-hybridized carbons (Fsp3) is 0.412. The van der Waals surface area contributed by atoms with Crippen molar-refractivity contribution in [3.8, 4) is 5.75 Å². The largest absolute Gasteiger partial charge is 0.497 e. The van der Waals surface area contributed by atoms with Gasteiger partial charge in [-0.2, -0.15) is 5.10 Å². The number of hydrogen-bond acceptors (Lipinski definition) is 3. The molecule has 0 saturated carbocycles. The Labute approximate surface area is 137 Å². The number of aliphatic imine (C=N–C) groups is 1. The second kappa shape index (κ2) is 8.82. The van der Waals surface area contributed by atoms with E-state index in [1.165, 1.54) is 5.56 Å². The third-order valence-electron chi connectivity index (χ3n) is 3.51. The van der Waals surface area contributed by atoms with Gasteiger partial charge in [-0.05, 0) is 37.1 Å². The summed E-state index contributed by atoms with van der Waals surface area (Å²) in [5.74, 6) is 1.70. The molecule has 6 heteroatoms. The molecule has 0 saturated heterocycles. The first-order valence-electron chi connectivity index (χ1n) is 7.85. The molecule has 2 N–H and O–H groups in total. The van der Waals surface area contributed by atoms with Crippen LogP contribution in [0.5, 0.6) is 5.75 Å². The number of nitrogens with one attached hydrogen (secondary N) is 2. The Balaban J connectivity index is 1.87. The highest BCUT2D eigenvalue weighted by Crippen LogP contribution is 2.12. The SMILES string of the molecule is CCNC(=NCc1ccnn1C)NCCc1cccc(OC)c1. The lowest BCUT2D eigenvalue weighted by atomic mass is 10.1. The van der Waals surface area contributed by atoms with E-state index in [1.54, 1.807) is 13.3 Å².